The van der Waals surface area contributed by atoms with Crippen molar-refractivity contribution in [2.75, 3.05) is 13.7 Å². The van der Waals surface area contributed by atoms with Crippen molar-refractivity contribution in [1.29, 1.82) is 0 Å². The van der Waals surface area contributed by atoms with Gasteiger partial charge >= 0.3 is 0 Å². The van der Waals surface area contributed by atoms with Crippen LogP contribution in [-0.2, 0) is 19.9 Å². The minimum absolute atomic E-state index is 0.471. The lowest BCUT2D eigenvalue weighted by Gasteiger charge is -2.31. The van der Waals surface area contributed by atoms with Gasteiger partial charge in [-0.2, -0.15) is 5.10 Å². The standard InChI is InChI=1S/C17H23N3O/c1-18-16(8-7-13-10-19-20(2)11-13)15-9-14-5-3-4-6-17(14)21-12-15/h3-6,10-11,15-16,18H,7-9,12H2,1-2H3. The molecule has 0 spiro atoms. The van der Waals surface area contributed by atoms with Gasteiger partial charge in [0, 0.05) is 25.2 Å². The molecule has 2 heterocycles. The molecule has 1 aromatic heterocycles. The van der Waals surface area contributed by atoms with Gasteiger partial charge in [-0.05, 0) is 43.5 Å². The first kappa shape index (κ1) is 14.1. The molecule has 4 nitrogen and oxygen atoms in total. The van der Waals surface area contributed by atoms with Crippen molar-refractivity contribution in [2.45, 2.75) is 25.3 Å². The van der Waals surface area contributed by atoms with E-state index < -0.39 is 0 Å². The maximum Gasteiger partial charge on any atom is 0.122 e. The summed E-state index contributed by atoms with van der Waals surface area (Å²) in [6.07, 6.45) is 7.31. The maximum atomic E-state index is 5.92. The second kappa shape index (κ2) is 6.31. The van der Waals surface area contributed by atoms with E-state index in [9.17, 15) is 0 Å². The van der Waals surface area contributed by atoms with Crippen LogP contribution in [0.3, 0.4) is 0 Å². The number of benzene rings is 1. The third-order valence-electron chi connectivity index (χ3n) is 4.35. The Kier molecular flexibility index (Phi) is 4.25. The molecule has 3 rings (SSSR count). The summed E-state index contributed by atoms with van der Waals surface area (Å²) in [6.45, 7) is 0.801. The molecule has 112 valence electrons. The molecule has 0 amide bonds. The van der Waals surface area contributed by atoms with Crippen molar-refractivity contribution in [3.63, 3.8) is 0 Å². The zero-order valence-electron chi connectivity index (χ0n) is 12.7. The van der Waals surface area contributed by atoms with Crippen molar-refractivity contribution < 1.29 is 4.74 Å². The Bertz CT molecular complexity index is 593. The molecule has 0 radical (unpaired) electrons. The Hall–Kier alpha value is -1.81. The SMILES string of the molecule is CNC(CCc1cnn(C)c1)C1COc2ccccc2C1. The van der Waals surface area contributed by atoms with Gasteiger partial charge in [-0.15, -0.1) is 0 Å². The minimum atomic E-state index is 0.471. The van der Waals surface area contributed by atoms with Crippen molar-refractivity contribution in [1.82, 2.24) is 15.1 Å². The molecule has 0 bridgehead atoms. The molecule has 4 heteroatoms. The average molecular weight is 285 g/mol. The van der Waals surface area contributed by atoms with Gasteiger partial charge in [-0.25, -0.2) is 0 Å². The van der Waals surface area contributed by atoms with Crippen molar-refractivity contribution in [2.24, 2.45) is 13.0 Å². The van der Waals surface area contributed by atoms with Gasteiger partial charge in [0.1, 0.15) is 5.75 Å². The third kappa shape index (κ3) is 3.27. The summed E-state index contributed by atoms with van der Waals surface area (Å²) in [5, 5.41) is 7.71. The zero-order valence-corrected chi connectivity index (χ0v) is 12.7. The molecule has 0 fully saturated rings. The van der Waals surface area contributed by atoms with Crippen molar-refractivity contribution >= 4 is 0 Å². The second-order valence-electron chi connectivity index (χ2n) is 5.84. The number of para-hydroxylation sites is 1. The van der Waals surface area contributed by atoms with Gasteiger partial charge in [0.05, 0.1) is 12.8 Å². The van der Waals surface area contributed by atoms with E-state index in [1.54, 1.807) is 0 Å². The van der Waals surface area contributed by atoms with E-state index >= 15 is 0 Å². The second-order valence-corrected chi connectivity index (χ2v) is 5.84. The molecule has 2 aromatic rings. The van der Waals surface area contributed by atoms with Gasteiger partial charge < -0.3 is 10.1 Å². The first-order chi connectivity index (χ1) is 10.3. The van der Waals surface area contributed by atoms with Gasteiger partial charge in [-0.1, -0.05) is 18.2 Å². The Balaban J connectivity index is 1.62. The topological polar surface area (TPSA) is 39.1 Å². The molecule has 21 heavy (non-hydrogen) atoms. The molecular weight excluding hydrogens is 262 g/mol. The highest BCUT2D eigenvalue weighted by molar-refractivity contribution is 5.35. The summed E-state index contributed by atoms with van der Waals surface area (Å²) in [7, 11) is 4.01. The molecular formula is C17H23N3O. The van der Waals surface area contributed by atoms with Crippen LogP contribution in [0, 0.1) is 5.92 Å². The van der Waals surface area contributed by atoms with Gasteiger partial charge in [0.15, 0.2) is 0 Å². The van der Waals surface area contributed by atoms with Gasteiger partial charge in [0.25, 0.3) is 0 Å². The number of ether oxygens (including phenoxy) is 1. The summed E-state index contributed by atoms with van der Waals surface area (Å²) in [5.74, 6) is 1.58. The largest absolute Gasteiger partial charge is 0.493 e. The molecule has 1 aliphatic rings. The van der Waals surface area contributed by atoms with Crippen LogP contribution >= 0.6 is 0 Å². The first-order valence-corrected chi connectivity index (χ1v) is 7.61. The Morgan fingerprint density at radius 3 is 3.05 bits per heavy atom. The normalized spacial score (nSPS) is 18.9. The molecule has 0 aliphatic carbocycles. The van der Waals surface area contributed by atoms with Crippen LogP contribution in [0.5, 0.6) is 5.75 Å². The molecule has 1 aliphatic heterocycles. The summed E-state index contributed by atoms with van der Waals surface area (Å²) in [5.41, 5.74) is 2.63. The van der Waals surface area contributed by atoms with Crippen LogP contribution in [0.25, 0.3) is 0 Å². The highest BCUT2D eigenvalue weighted by atomic mass is 16.5. The van der Waals surface area contributed by atoms with E-state index in [0.717, 1.165) is 31.6 Å². The van der Waals surface area contributed by atoms with Crippen LogP contribution in [0.15, 0.2) is 36.7 Å². The molecule has 1 N–H and O–H groups in total. The molecule has 1 aromatic carbocycles. The zero-order chi connectivity index (χ0) is 14.7. The number of aryl methyl sites for hydroxylation is 2. The number of nitrogens with one attached hydrogen (secondary N) is 1. The molecule has 2 unspecified atom stereocenters. The predicted molar refractivity (Wildman–Crippen MR) is 83.5 cm³/mol. The monoisotopic (exact) mass is 285 g/mol. The fourth-order valence-corrected chi connectivity index (χ4v) is 3.15. The van der Waals surface area contributed by atoms with E-state index in [0.29, 0.717) is 12.0 Å². The number of hydrogen-bond donors (Lipinski definition) is 1. The third-order valence-corrected chi connectivity index (χ3v) is 4.35. The van der Waals surface area contributed by atoms with E-state index in [2.05, 4.69) is 41.9 Å². The minimum Gasteiger partial charge on any atom is -0.493 e. The fourth-order valence-electron chi connectivity index (χ4n) is 3.15. The summed E-state index contributed by atoms with van der Waals surface area (Å²) in [4.78, 5) is 0. The van der Waals surface area contributed by atoms with Crippen LogP contribution in [0.1, 0.15) is 17.5 Å². The van der Waals surface area contributed by atoms with Gasteiger partial charge in [0.2, 0.25) is 0 Å². The number of nitrogens with zero attached hydrogens (tertiary/aromatic N) is 2. The fraction of sp³-hybridized carbons (Fsp3) is 0.471. The predicted octanol–water partition coefficient (Wildman–Crippen LogP) is 2.19. The molecule has 0 saturated heterocycles. The summed E-state index contributed by atoms with van der Waals surface area (Å²) in [6, 6.07) is 8.84. The summed E-state index contributed by atoms with van der Waals surface area (Å²) >= 11 is 0. The van der Waals surface area contributed by atoms with Gasteiger partial charge in [-0.3, -0.25) is 4.68 Å². The quantitative estimate of drug-likeness (QED) is 0.915. The number of fused-ring (bicyclic) bond motifs is 1. The average Bonchev–Trinajstić information content (AvgIpc) is 2.93. The van der Waals surface area contributed by atoms with Crippen LogP contribution in [0.4, 0.5) is 0 Å². The first-order valence-electron chi connectivity index (χ1n) is 7.61. The lowest BCUT2D eigenvalue weighted by molar-refractivity contribution is 0.183. The van der Waals surface area contributed by atoms with E-state index in [-0.39, 0.29) is 0 Å². The van der Waals surface area contributed by atoms with Crippen molar-refractivity contribution in [3.05, 3.63) is 47.8 Å². The lowest BCUT2D eigenvalue weighted by atomic mass is 9.87. The number of hydrogen-bond acceptors (Lipinski definition) is 3. The van der Waals surface area contributed by atoms with Crippen LogP contribution < -0.4 is 10.1 Å². The summed E-state index contributed by atoms with van der Waals surface area (Å²) < 4.78 is 7.78. The number of aromatic nitrogens is 2. The van der Waals surface area contributed by atoms with E-state index in [4.69, 9.17) is 4.74 Å². The van der Waals surface area contributed by atoms with Crippen LogP contribution in [0.2, 0.25) is 0 Å². The highest BCUT2D eigenvalue weighted by Gasteiger charge is 2.26. The Morgan fingerprint density at radius 1 is 1.43 bits per heavy atom. The van der Waals surface area contributed by atoms with Crippen LogP contribution in [-0.4, -0.2) is 29.5 Å². The smallest absolute Gasteiger partial charge is 0.122 e. The molecule has 2 atom stereocenters. The molecule has 0 saturated carbocycles. The highest BCUT2D eigenvalue weighted by Crippen LogP contribution is 2.29. The lowest BCUT2D eigenvalue weighted by Crippen LogP contribution is -2.40. The van der Waals surface area contributed by atoms with E-state index in [1.165, 1.54) is 11.1 Å². The van der Waals surface area contributed by atoms with E-state index in [1.807, 2.05) is 24.0 Å². The Morgan fingerprint density at radius 2 is 2.29 bits per heavy atom. The number of rotatable bonds is 5. The Labute approximate surface area is 126 Å². The maximum absolute atomic E-state index is 5.92. The van der Waals surface area contributed by atoms with Crippen molar-refractivity contribution in [3.8, 4) is 5.75 Å².